The first kappa shape index (κ1) is 20.0. The number of rotatable bonds is 5. The van der Waals surface area contributed by atoms with Gasteiger partial charge >= 0.3 is 6.18 Å². The molecule has 1 aliphatic heterocycles. The summed E-state index contributed by atoms with van der Waals surface area (Å²) in [6, 6.07) is 12.4. The third-order valence-corrected chi connectivity index (χ3v) is 4.66. The molecule has 0 atom stereocenters. The van der Waals surface area contributed by atoms with E-state index in [4.69, 9.17) is 0 Å². The number of piperazine rings is 1. The van der Waals surface area contributed by atoms with Gasteiger partial charge in [-0.15, -0.1) is 0 Å². The topological polar surface area (TPSA) is 47.6 Å². The van der Waals surface area contributed by atoms with Crippen LogP contribution in [0.15, 0.2) is 48.5 Å². The van der Waals surface area contributed by atoms with Gasteiger partial charge in [0.15, 0.2) is 0 Å². The molecule has 0 radical (unpaired) electrons. The highest BCUT2D eigenvalue weighted by molar-refractivity contribution is 5.93. The maximum absolute atomic E-state index is 12.7. The molecule has 0 bridgehead atoms. The summed E-state index contributed by atoms with van der Waals surface area (Å²) in [6.45, 7) is 3.83. The molecule has 0 aliphatic carbocycles. The van der Waals surface area contributed by atoms with Crippen molar-refractivity contribution in [3.05, 3.63) is 54.1 Å². The number of hydrogen-bond donors (Lipinski definition) is 2. The van der Waals surface area contributed by atoms with Crippen LogP contribution in [0.2, 0.25) is 0 Å². The maximum Gasteiger partial charge on any atom is 0.416 e. The first-order chi connectivity index (χ1) is 13.3. The Kier molecular flexibility index (Phi) is 6.08. The van der Waals surface area contributed by atoms with Crippen molar-refractivity contribution >= 4 is 23.0 Å². The first-order valence-corrected chi connectivity index (χ1v) is 9.06. The van der Waals surface area contributed by atoms with Crippen LogP contribution in [0.25, 0.3) is 0 Å². The summed E-state index contributed by atoms with van der Waals surface area (Å²) in [5.41, 5.74) is 1.25. The molecule has 150 valence electrons. The van der Waals surface area contributed by atoms with Crippen LogP contribution in [-0.2, 0) is 11.0 Å². The van der Waals surface area contributed by atoms with E-state index in [0.29, 0.717) is 5.69 Å². The third-order valence-electron chi connectivity index (χ3n) is 4.66. The summed E-state index contributed by atoms with van der Waals surface area (Å²) >= 11 is 0. The average Bonchev–Trinajstić information content (AvgIpc) is 2.67. The Hall–Kier alpha value is -2.74. The van der Waals surface area contributed by atoms with Crippen LogP contribution in [0.3, 0.4) is 0 Å². The number of benzene rings is 2. The lowest BCUT2D eigenvalue weighted by atomic mass is 10.2. The smallest absolute Gasteiger partial charge is 0.376 e. The number of anilines is 3. The van der Waals surface area contributed by atoms with Gasteiger partial charge in [0.25, 0.3) is 0 Å². The standard InChI is InChI=1S/C20H23F3N4O/c1-26-9-11-27(12-10-26)18-7-5-16(6-8-18)25-19(28)14-24-17-4-2-3-15(13-17)20(21,22)23/h2-8,13,24H,9-12,14H2,1H3,(H,25,28). The second kappa shape index (κ2) is 8.52. The zero-order valence-electron chi connectivity index (χ0n) is 15.6. The van der Waals surface area contributed by atoms with Crippen LogP contribution in [0.4, 0.5) is 30.2 Å². The van der Waals surface area contributed by atoms with Crippen LogP contribution >= 0.6 is 0 Å². The minimum Gasteiger partial charge on any atom is -0.376 e. The van der Waals surface area contributed by atoms with E-state index in [0.717, 1.165) is 44.0 Å². The van der Waals surface area contributed by atoms with Crippen molar-refractivity contribution in [2.45, 2.75) is 6.18 Å². The highest BCUT2D eigenvalue weighted by Crippen LogP contribution is 2.30. The third kappa shape index (κ3) is 5.39. The van der Waals surface area contributed by atoms with Crippen LogP contribution in [-0.4, -0.2) is 50.6 Å². The van der Waals surface area contributed by atoms with Crippen molar-refractivity contribution in [2.24, 2.45) is 0 Å². The average molecular weight is 392 g/mol. The van der Waals surface area contributed by atoms with Gasteiger partial charge in [-0.1, -0.05) is 6.07 Å². The van der Waals surface area contributed by atoms with Crippen LogP contribution in [0.5, 0.6) is 0 Å². The quantitative estimate of drug-likeness (QED) is 0.818. The van der Waals surface area contributed by atoms with E-state index >= 15 is 0 Å². The Balaban J connectivity index is 1.51. The lowest BCUT2D eigenvalue weighted by Crippen LogP contribution is -2.44. The lowest BCUT2D eigenvalue weighted by Gasteiger charge is -2.34. The van der Waals surface area contributed by atoms with Gasteiger partial charge < -0.3 is 20.4 Å². The zero-order valence-corrected chi connectivity index (χ0v) is 15.6. The summed E-state index contributed by atoms with van der Waals surface area (Å²) in [7, 11) is 2.10. The van der Waals surface area contributed by atoms with E-state index < -0.39 is 11.7 Å². The summed E-state index contributed by atoms with van der Waals surface area (Å²) in [5.74, 6) is -0.329. The summed E-state index contributed by atoms with van der Waals surface area (Å²) < 4.78 is 38.2. The van der Waals surface area contributed by atoms with Crippen molar-refractivity contribution < 1.29 is 18.0 Å². The largest absolute Gasteiger partial charge is 0.416 e. The minimum absolute atomic E-state index is 0.123. The predicted molar refractivity (Wildman–Crippen MR) is 105 cm³/mol. The van der Waals surface area contributed by atoms with Gasteiger partial charge in [-0.3, -0.25) is 4.79 Å². The molecule has 0 unspecified atom stereocenters. The minimum atomic E-state index is -4.41. The van der Waals surface area contributed by atoms with Crippen molar-refractivity contribution in [1.29, 1.82) is 0 Å². The first-order valence-electron chi connectivity index (χ1n) is 9.06. The van der Waals surface area contributed by atoms with E-state index in [2.05, 4.69) is 27.5 Å². The normalized spacial score (nSPS) is 15.4. The fraction of sp³-hybridized carbons (Fsp3) is 0.350. The Morgan fingerprint density at radius 2 is 1.68 bits per heavy atom. The predicted octanol–water partition coefficient (Wildman–Crippen LogP) is 3.51. The van der Waals surface area contributed by atoms with Gasteiger partial charge in [-0.25, -0.2) is 0 Å². The van der Waals surface area contributed by atoms with Crippen LogP contribution in [0, 0.1) is 0 Å². The maximum atomic E-state index is 12.7. The number of carbonyl (C=O) groups is 1. The molecule has 0 saturated carbocycles. The van der Waals surface area contributed by atoms with E-state index in [-0.39, 0.29) is 18.1 Å². The Bertz CT molecular complexity index is 800. The second-order valence-corrected chi connectivity index (χ2v) is 6.82. The number of alkyl halides is 3. The summed E-state index contributed by atoms with van der Waals surface area (Å²) in [6.07, 6.45) is -4.41. The molecule has 0 spiro atoms. The molecule has 8 heteroatoms. The van der Waals surface area contributed by atoms with E-state index in [1.807, 2.05) is 24.3 Å². The van der Waals surface area contributed by atoms with E-state index in [1.54, 1.807) is 0 Å². The SMILES string of the molecule is CN1CCN(c2ccc(NC(=O)CNc3cccc(C(F)(F)F)c3)cc2)CC1. The van der Waals surface area contributed by atoms with Crippen LogP contribution < -0.4 is 15.5 Å². The Morgan fingerprint density at radius 3 is 2.32 bits per heavy atom. The second-order valence-electron chi connectivity index (χ2n) is 6.82. The van der Waals surface area contributed by atoms with Gasteiger partial charge in [-0.05, 0) is 49.5 Å². The van der Waals surface area contributed by atoms with Gasteiger partial charge in [0, 0.05) is 43.2 Å². The molecule has 5 nitrogen and oxygen atoms in total. The van der Waals surface area contributed by atoms with Gasteiger partial charge in [-0.2, -0.15) is 13.2 Å². The van der Waals surface area contributed by atoms with Gasteiger partial charge in [0.05, 0.1) is 12.1 Å². The molecule has 0 aromatic heterocycles. The number of likely N-dealkylation sites (N-methyl/N-ethyl adjacent to an activating group) is 1. The van der Waals surface area contributed by atoms with Crippen LogP contribution in [0.1, 0.15) is 5.56 Å². The summed E-state index contributed by atoms with van der Waals surface area (Å²) in [4.78, 5) is 16.7. The van der Waals surface area contributed by atoms with Gasteiger partial charge in [0.2, 0.25) is 5.91 Å². The molecule has 1 fully saturated rings. The molecule has 1 heterocycles. The lowest BCUT2D eigenvalue weighted by molar-refractivity contribution is -0.137. The zero-order chi connectivity index (χ0) is 20.1. The Morgan fingerprint density at radius 1 is 1.00 bits per heavy atom. The molecule has 2 aromatic carbocycles. The highest BCUT2D eigenvalue weighted by atomic mass is 19.4. The Labute approximate surface area is 162 Å². The van der Waals surface area contributed by atoms with Gasteiger partial charge in [0.1, 0.15) is 0 Å². The highest BCUT2D eigenvalue weighted by Gasteiger charge is 2.30. The molecule has 2 aromatic rings. The fourth-order valence-corrected chi connectivity index (χ4v) is 3.01. The van der Waals surface area contributed by atoms with Crippen molar-refractivity contribution in [1.82, 2.24) is 4.90 Å². The number of nitrogens with zero attached hydrogens (tertiary/aromatic N) is 2. The summed E-state index contributed by atoms with van der Waals surface area (Å²) in [5, 5.41) is 5.46. The van der Waals surface area contributed by atoms with Crippen molar-refractivity contribution in [3.63, 3.8) is 0 Å². The molecule has 1 amide bonds. The molecule has 1 aliphatic rings. The molecular formula is C20H23F3N4O. The van der Waals surface area contributed by atoms with Crippen molar-refractivity contribution in [2.75, 3.05) is 55.3 Å². The number of amides is 1. The van der Waals surface area contributed by atoms with E-state index in [1.165, 1.54) is 12.1 Å². The van der Waals surface area contributed by atoms with E-state index in [9.17, 15) is 18.0 Å². The number of halogens is 3. The molecule has 28 heavy (non-hydrogen) atoms. The van der Waals surface area contributed by atoms with Crippen molar-refractivity contribution in [3.8, 4) is 0 Å². The number of carbonyl (C=O) groups excluding carboxylic acids is 1. The molecular weight excluding hydrogens is 369 g/mol. The number of hydrogen-bond acceptors (Lipinski definition) is 4. The molecule has 1 saturated heterocycles. The fourth-order valence-electron chi connectivity index (χ4n) is 3.01. The number of nitrogens with one attached hydrogen (secondary N) is 2. The molecule has 3 rings (SSSR count). The monoisotopic (exact) mass is 392 g/mol. The molecule has 2 N–H and O–H groups in total.